The van der Waals surface area contributed by atoms with Gasteiger partial charge in [0, 0.05) is 29.6 Å². The number of hydrazone groups is 1. The maximum Gasteiger partial charge on any atom is 0.352 e. The normalized spacial score (nSPS) is 14.6. The van der Waals surface area contributed by atoms with Gasteiger partial charge in [-0.25, -0.2) is 4.79 Å². The smallest absolute Gasteiger partial charge is 0.352 e. The molecule has 1 aliphatic rings. The molecular weight excluding hydrogens is 347 g/mol. The Kier molecular flexibility index (Phi) is 5.77. The maximum atomic E-state index is 11.8. The number of aliphatic carboxylic acids is 1. The van der Waals surface area contributed by atoms with Crippen LogP contribution in [0.4, 0.5) is 5.69 Å². The van der Waals surface area contributed by atoms with Crippen LogP contribution in [0.2, 0.25) is 5.02 Å². The summed E-state index contributed by atoms with van der Waals surface area (Å²) < 4.78 is 31.2. The number of rotatable bonds is 3. The Bertz CT molecular complexity index is 769. The monoisotopic (exact) mass is 355 g/mol. The molecule has 11 heteroatoms. The Hall–Kier alpha value is -0.970. The van der Waals surface area contributed by atoms with Crippen molar-refractivity contribution >= 4 is 74.6 Å². The average molecular weight is 356 g/mol. The van der Waals surface area contributed by atoms with Crippen LogP contribution in [0.25, 0.3) is 0 Å². The molecule has 1 radical (unpaired) electrons. The van der Waals surface area contributed by atoms with Gasteiger partial charge in [0.2, 0.25) is 0 Å². The first-order valence-electron chi connectivity index (χ1n) is 5.52. The number of aryl methyl sites for hydroxylation is 1. The molecule has 0 bridgehead atoms. The van der Waals surface area contributed by atoms with Crippen LogP contribution in [0.1, 0.15) is 12.0 Å². The van der Waals surface area contributed by atoms with Gasteiger partial charge in [-0.2, -0.15) is 18.5 Å². The van der Waals surface area contributed by atoms with Crippen LogP contribution in [-0.4, -0.2) is 65.2 Å². The van der Waals surface area contributed by atoms with Gasteiger partial charge in [-0.1, -0.05) is 11.6 Å². The molecule has 1 aromatic rings. The van der Waals surface area contributed by atoms with Crippen LogP contribution >= 0.6 is 11.6 Å². The van der Waals surface area contributed by atoms with Crippen molar-refractivity contribution in [1.82, 2.24) is 0 Å². The van der Waals surface area contributed by atoms with Crippen molar-refractivity contribution in [3.05, 3.63) is 22.7 Å². The zero-order valence-corrected chi connectivity index (χ0v) is 15.1. The molecule has 0 spiro atoms. The second-order valence-corrected chi connectivity index (χ2v) is 6.11. The molecule has 113 valence electrons. The van der Waals surface area contributed by atoms with Crippen molar-refractivity contribution < 1.29 is 27.7 Å². The van der Waals surface area contributed by atoms with Gasteiger partial charge in [-0.05, 0) is 24.6 Å². The van der Waals surface area contributed by atoms with Crippen molar-refractivity contribution in [2.45, 2.75) is 18.2 Å². The first kappa shape index (κ1) is 19.1. The van der Waals surface area contributed by atoms with E-state index in [1.807, 2.05) is 0 Å². The molecule has 0 atom stereocenters. The summed E-state index contributed by atoms with van der Waals surface area (Å²) in [5, 5.41) is 13.2. The summed E-state index contributed by atoms with van der Waals surface area (Å²) in [6.07, 6.45) is -0.384. The molecule has 1 aliphatic heterocycles. The number of halogens is 1. The molecule has 0 saturated carbocycles. The molecule has 8 nitrogen and oxygen atoms in total. The standard InChI is InChI=1S/C11H9ClN2O6S.Na/c1-5-2-6(21(18,19)20)3-7(12)10(5)14-9(15)4-8(13-14)11(16)17;/h2-3H,4H2,1H3,(H,16,17)(H,18,19,20);. The van der Waals surface area contributed by atoms with Crippen LogP contribution in [-0.2, 0) is 19.7 Å². The van der Waals surface area contributed by atoms with E-state index in [4.69, 9.17) is 21.3 Å². The van der Waals surface area contributed by atoms with Crippen LogP contribution in [0.5, 0.6) is 0 Å². The van der Waals surface area contributed by atoms with E-state index in [1.54, 1.807) is 0 Å². The Balaban J connectivity index is 0.00000242. The van der Waals surface area contributed by atoms with E-state index < -0.39 is 26.9 Å². The van der Waals surface area contributed by atoms with E-state index >= 15 is 0 Å². The third-order valence-corrected chi connectivity index (χ3v) is 3.88. The molecule has 22 heavy (non-hydrogen) atoms. The van der Waals surface area contributed by atoms with Gasteiger partial charge < -0.3 is 5.11 Å². The number of hydrogen-bond donors (Lipinski definition) is 2. The fourth-order valence-electron chi connectivity index (χ4n) is 1.85. The molecule has 0 aliphatic carbocycles. The number of anilines is 1. The number of benzene rings is 1. The topological polar surface area (TPSA) is 124 Å². The number of carboxylic acid groups (broad SMARTS) is 1. The third-order valence-electron chi connectivity index (χ3n) is 2.76. The van der Waals surface area contributed by atoms with E-state index in [-0.39, 0.29) is 58.0 Å². The molecule has 0 aromatic heterocycles. The van der Waals surface area contributed by atoms with E-state index in [2.05, 4.69) is 5.10 Å². The zero-order valence-electron chi connectivity index (χ0n) is 11.6. The van der Waals surface area contributed by atoms with Gasteiger partial charge in [-0.15, -0.1) is 0 Å². The van der Waals surface area contributed by atoms with Crippen LogP contribution in [0.3, 0.4) is 0 Å². The molecule has 0 saturated heterocycles. The molecule has 2 rings (SSSR count). The molecular formula is C11H9ClN2NaO6S. The van der Waals surface area contributed by atoms with Gasteiger partial charge in [0.05, 0.1) is 22.0 Å². The maximum absolute atomic E-state index is 11.8. The van der Waals surface area contributed by atoms with Crippen LogP contribution in [0.15, 0.2) is 22.1 Å². The molecule has 2 N–H and O–H groups in total. The summed E-state index contributed by atoms with van der Waals surface area (Å²) in [6.45, 7) is 1.46. The fourth-order valence-corrected chi connectivity index (χ4v) is 2.85. The number of carbonyl (C=O) groups is 2. The average Bonchev–Trinajstić information content (AvgIpc) is 2.69. The second-order valence-electron chi connectivity index (χ2n) is 4.28. The van der Waals surface area contributed by atoms with E-state index in [0.29, 0.717) is 0 Å². The van der Waals surface area contributed by atoms with Crippen LogP contribution in [0, 0.1) is 6.92 Å². The first-order chi connectivity index (χ1) is 9.61. The number of amides is 1. The van der Waals surface area contributed by atoms with Gasteiger partial charge >= 0.3 is 5.97 Å². The minimum absolute atomic E-state index is 0. The van der Waals surface area contributed by atoms with Gasteiger partial charge in [0.25, 0.3) is 16.0 Å². The minimum atomic E-state index is -4.44. The summed E-state index contributed by atoms with van der Waals surface area (Å²) in [7, 11) is -4.44. The summed E-state index contributed by atoms with van der Waals surface area (Å²) >= 11 is 5.93. The largest absolute Gasteiger partial charge is 0.477 e. The molecule has 0 fully saturated rings. The Morgan fingerprint density at radius 3 is 2.41 bits per heavy atom. The summed E-state index contributed by atoms with van der Waals surface area (Å²) in [5.41, 5.74) is -0.0153. The molecule has 0 unspecified atom stereocenters. The van der Waals surface area contributed by atoms with Crippen molar-refractivity contribution in [1.29, 1.82) is 0 Å². The number of carbonyl (C=O) groups excluding carboxylic acids is 1. The van der Waals surface area contributed by atoms with Crippen molar-refractivity contribution in [3.8, 4) is 0 Å². The Morgan fingerprint density at radius 1 is 1.41 bits per heavy atom. The summed E-state index contributed by atoms with van der Waals surface area (Å²) in [4.78, 5) is 22.2. The Morgan fingerprint density at radius 2 is 2.00 bits per heavy atom. The molecule has 1 amide bonds. The number of hydrogen-bond acceptors (Lipinski definition) is 5. The van der Waals surface area contributed by atoms with Crippen molar-refractivity contribution in [3.63, 3.8) is 0 Å². The zero-order chi connectivity index (χ0) is 15.9. The molecule has 1 aromatic carbocycles. The van der Waals surface area contributed by atoms with Gasteiger partial charge in [0.1, 0.15) is 0 Å². The van der Waals surface area contributed by atoms with Crippen molar-refractivity contribution in [2.75, 3.05) is 5.01 Å². The minimum Gasteiger partial charge on any atom is -0.477 e. The van der Waals surface area contributed by atoms with E-state index in [9.17, 15) is 18.0 Å². The SMILES string of the molecule is Cc1cc(S(=O)(=O)O)cc(Cl)c1N1N=C(C(=O)O)CC1=O.[Na]. The summed E-state index contributed by atoms with van der Waals surface area (Å²) in [6, 6.07) is 2.07. The van der Waals surface area contributed by atoms with E-state index in [0.717, 1.165) is 17.1 Å². The second kappa shape index (κ2) is 6.65. The van der Waals surface area contributed by atoms with Crippen LogP contribution < -0.4 is 5.01 Å². The predicted octanol–water partition coefficient (Wildman–Crippen LogP) is 0.692. The number of nitrogens with zero attached hydrogens (tertiary/aromatic N) is 2. The third kappa shape index (κ3) is 3.67. The fraction of sp³-hybridized carbons (Fsp3) is 0.182. The summed E-state index contributed by atoms with van der Waals surface area (Å²) in [5.74, 6) is -1.92. The Labute approximate surface area is 152 Å². The van der Waals surface area contributed by atoms with Gasteiger partial charge in [0.15, 0.2) is 5.71 Å². The van der Waals surface area contributed by atoms with Crippen molar-refractivity contribution in [2.24, 2.45) is 5.10 Å². The quantitative estimate of drug-likeness (QED) is 0.607. The first-order valence-corrected chi connectivity index (χ1v) is 7.34. The molecule has 1 heterocycles. The predicted molar refractivity (Wildman–Crippen MR) is 78.9 cm³/mol. The van der Waals surface area contributed by atoms with E-state index in [1.165, 1.54) is 6.92 Å². The number of carboxylic acids is 1. The van der Waals surface area contributed by atoms with Gasteiger partial charge in [-0.3, -0.25) is 9.35 Å².